The van der Waals surface area contributed by atoms with Crippen molar-refractivity contribution < 1.29 is 13.0 Å². The smallest absolute Gasteiger partial charge is 0.264 e. The molecule has 1 aromatic carbocycles. The van der Waals surface area contributed by atoms with Crippen molar-refractivity contribution in [2.45, 2.75) is 26.3 Å². The molecule has 0 atom stereocenters. The lowest BCUT2D eigenvalue weighted by atomic mass is 10.3. The van der Waals surface area contributed by atoms with E-state index in [0.717, 1.165) is 23.4 Å². The fraction of sp³-hybridized carbons (Fsp3) is 0.417. The Kier molecular flexibility index (Phi) is 3.68. The number of nitrogens with zero attached hydrogens (tertiary/aromatic N) is 2. The van der Waals surface area contributed by atoms with Crippen molar-refractivity contribution in [2.75, 3.05) is 5.75 Å². The number of aromatic nitrogens is 2. The van der Waals surface area contributed by atoms with Gasteiger partial charge in [-0.3, -0.25) is 4.55 Å². The molecule has 18 heavy (non-hydrogen) atoms. The standard InChI is InChI=1S/C12H16N2O3S/c1-2-14-11-7-4-3-6-10(11)13-12(14)8-5-9-18(15,16)17/h3-4,6-7H,2,5,8-9H2,1H3,(H,15,16,17). The Balaban J connectivity index is 2.22. The van der Waals surface area contributed by atoms with Gasteiger partial charge in [0.2, 0.25) is 0 Å². The molecule has 0 saturated heterocycles. The van der Waals surface area contributed by atoms with Gasteiger partial charge in [0.15, 0.2) is 0 Å². The molecule has 0 aliphatic carbocycles. The zero-order valence-electron chi connectivity index (χ0n) is 10.2. The average molecular weight is 268 g/mol. The Hall–Kier alpha value is -1.40. The van der Waals surface area contributed by atoms with E-state index < -0.39 is 10.1 Å². The van der Waals surface area contributed by atoms with Crippen LogP contribution in [0.5, 0.6) is 0 Å². The minimum Gasteiger partial charge on any atom is -0.328 e. The van der Waals surface area contributed by atoms with Crippen LogP contribution in [0.25, 0.3) is 11.0 Å². The van der Waals surface area contributed by atoms with Crippen LogP contribution in [0.4, 0.5) is 0 Å². The summed E-state index contributed by atoms with van der Waals surface area (Å²) in [6, 6.07) is 7.82. The molecule has 0 spiro atoms. The fourth-order valence-electron chi connectivity index (χ4n) is 2.08. The van der Waals surface area contributed by atoms with E-state index in [2.05, 4.69) is 9.55 Å². The van der Waals surface area contributed by atoms with Gasteiger partial charge in [-0.1, -0.05) is 12.1 Å². The summed E-state index contributed by atoms with van der Waals surface area (Å²) in [7, 11) is -3.88. The van der Waals surface area contributed by atoms with Gasteiger partial charge in [-0.15, -0.1) is 0 Å². The minimum atomic E-state index is -3.88. The number of fused-ring (bicyclic) bond motifs is 1. The zero-order chi connectivity index (χ0) is 13.2. The summed E-state index contributed by atoms with van der Waals surface area (Å²) in [4.78, 5) is 4.49. The van der Waals surface area contributed by atoms with E-state index in [0.29, 0.717) is 12.8 Å². The Morgan fingerprint density at radius 3 is 2.72 bits per heavy atom. The topological polar surface area (TPSA) is 72.2 Å². The molecule has 0 fully saturated rings. The number of para-hydroxylation sites is 2. The van der Waals surface area contributed by atoms with Crippen LogP contribution in [0.3, 0.4) is 0 Å². The highest BCUT2D eigenvalue weighted by molar-refractivity contribution is 7.85. The second kappa shape index (κ2) is 5.07. The van der Waals surface area contributed by atoms with E-state index in [9.17, 15) is 8.42 Å². The van der Waals surface area contributed by atoms with Crippen LogP contribution in [0.15, 0.2) is 24.3 Å². The average Bonchev–Trinajstić information content (AvgIpc) is 2.64. The quantitative estimate of drug-likeness (QED) is 0.840. The molecule has 98 valence electrons. The van der Waals surface area contributed by atoms with Gasteiger partial charge >= 0.3 is 0 Å². The third-order valence-corrected chi connectivity index (χ3v) is 3.66. The second-order valence-corrected chi connectivity index (χ2v) is 5.72. The normalized spacial score (nSPS) is 12.1. The van der Waals surface area contributed by atoms with Crippen molar-refractivity contribution in [2.24, 2.45) is 0 Å². The van der Waals surface area contributed by atoms with Gasteiger partial charge in [-0.2, -0.15) is 8.42 Å². The highest BCUT2D eigenvalue weighted by atomic mass is 32.2. The molecule has 2 rings (SSSR count). The van der Waals surface area contributed by atoms with Crippen LogP contribution < -0.4 is 0 Å². The maximum absolute atomic E-state index is 10.7. The van der Waals surface area contributed by atoms with Gasteiger partial charge in [0.1, 0.15) is 5.82 Å². The maximum Gasteiger partial charge on any atom is 0.264 e. The number of hydrogen-bond donors (Lipinski definition) is 1. The summed E-state index contributed by atoms with van der Waals surface area (Å²) < 4.78 is 32.1. The minimum absolute atomic E-state index is 0.222. The summed E-state index contributed by atoms with van der Waals surface area (Å²) in [5, 5.41) is 0. The number of aryl methyl sites for hydroxylation is 2. The van der Waals surface area contributed by atoms with Crippen molar-refractivity contribution in [1.82, 2.24) is 9.55 Å². The molecular formula is C12H16N2O3S. The summed E-state index contributed by atoms with van der Waals surface area (Å²) in [5.74, 6) is 0.641. The highest BCUT2D eigenvalue weighted by Crippen LogP contribution is 2.17. The van der Waals surface area contributed by atoms with Crippen molar-refractivity contribution in [3.63, 3.8) is 0 Å². The summed E-state index contributed by atoms with van der Waals surface area (Å²) in [6.45, 7) is 2.82. The van der Waals surface area contributed by atoms with Crippen LogP contribution in [-0.2, 0) is 23.1 Å². The first-order valence-electron chi connectivity index (χ1n) is 5.90. The monoisotopic (exact) mass is 268 g/mol. The first kappa shape index (κ1) is 13.0. The molecule has 0 aliphatic rings. The summed E-state index contributed by atoms with van der Waals surface area (Å²) in [5.41, 5.74) is 1.98. The molecular weight excluding hydrogens is 252 g/mol. The fourth-order valence-corrected chi connectivity index (χ4v) is 2.59. The molecule has 1 heterocycles. The van der Waals surface area contributed by atoms with Gasteiger partial charge < -0.3 is 4.57 Å². The Bertz CT molecular complexity index is 646. The Morgan fingerprint density at radius 1 is 1.33 bits per heavy atom. The molecule has 0 unspecified atom stereocenters. The number of rotatable bonds is 5. The lowest BCUT2D eigenvalue weighted by Gasteiger charge is -2.05. The highest BCUT2D eigenvalue weighted by Gasteiger charge is 2.10. The molecule has 0 radical (unpaired) electrons. The molecule has 2 aromatic rings. The summed E-state index contributed by atoms with van der Waals surface area (Å²) in [6.07, 6.45) is 0.921. The van der Waals surface area contributed by atoms with Crippen molar-refractivity contribution >= 4 is 21.2 Å². The van der Waals surface area contributed by atoms with Gasteiger partial charge in [-0.25, -0.2) is 4.98 Å². The molecule has 0 aliphatic heterocycles. The van der Waals surface area contributed by atoms with Gasteiger partial charge in [0.25, 0.3) is 10.1 Å². The predicted molar refractivity (Wildman–Crippen MR) is 70.1 cm³/mol. The maximum atomic E-state index is 10.7. The van der Waals surface area contributed by atoms with Gasteiger partial charge in [0, 0.05) is 13.0 Å². The third-order valence-electron chi connectivity index (χ3n) is 2.85. The molecule has 1 aromatic heterocycles. The van der Waals surface area contributed by atoms with Gasteiger partial charge in [-0.05, 0) is 25.5 Å². The third kappa shape index (κ3) is 2.88. The lowest BCUT2D eigenvalue weighted by Crippen LogP contribution is -2.08. The predicted octanol–water partition coefficient (Wildman–Crippen LogP) is 1.88. The molecule has 0 bridgehead atoms. The van der Waals surface area contributed by atoms with E-state index in [1.54, 1.807) is 0 Å². The van der Waals surface area contributed by atoms with E-state index in [-0.39, 0.29) is 5.75 Å². The van der Waals surface area contributed by atoms with Crippen molar-refractivity contribution in [3.05, 3.63) is 30.1 Å². The largest absolute Gasteiger partial charge is 0.328 e. The first-order valence-corrected chi connectivity index (χ1v) is 7.51. The summed E-state index contributed by atoms with van der Waals surface area (Å²) >= 11 is 0. The second-order valence-electron chi connectivity index (χ2n) is 4.15. The lowest BCUT2D eigenvalue weighted by molar-refractivity contribution is 0.480. The number of benzene rings is 1. The Morgan fingerprint density at radius 2 is 2.06 bits per heavy atom. The molecule has 1 N–H and O–H groups in total. The van der Waals surface area contributed by atoms with Crippen LogP contribution in [0, 0.1) is 0 Å². The van der Waals surface area contributed by atoms with Crippen LogP contribution >= 0.6 is 0 Å². The molecule has 0 amide bonds. The SMILES string of the molecule is CCn1c(CCCS(=O)(=O)O)nc2ccccc21. The number of hydrogen-bond acceptors (Lipinski definition) is 3. The molecule has 6 heteroatoms. The Labute approximate surface area is 106 Å². The van der Waals surface area contributed by atoms with E-state index in [1.807, 2.05) is 31.2 Å². The van der Waals surface area contributed by atoms with E-state index in [4.69, 9.17) is 4.55 Å². The van der Waals surface area contributed by atoms with E-state index >= 15 is 0 Å². The van der Waals surface area contributed by atoms with Gasteiger partial charge in [0.05, 0.1) is 16.8 Å². The zero-order valence-corrected chi connectivity index (χ0v) is 11.0. The number of imidazole rings is 1. The molecule has 5 nitrogen and oxygen atoms in total. The first-order chi connectivity index (χ1) is 8.51. The van der Waals surface area contributed by atoms with Crippen LogP contribution in [-0.4, -0.2) is 28.3 Å². The van der Waals surface area contributed by atoms with Crippen molar-refractivity contribution in [3.8, 4) is 0 Å². The van der Waals surface area contributed by atoms with Crippen molar-refractivity contribution in [1.29, 1.82) is 0 Å². The van der Waals surface area contributed by atoms with Crippen LogP contribution in [0.1, 0.15) is 19.2 Å². The molecule has 0 saturated carbocycles. The van der Waals surface area contributed by atoms with Crippen LogP contribution in [0.2, 0.25) is 0 Å². The van der Waals surface area contributed by atoms with E-state index in [1.165, 1.54) is 0 Å².